The molecular weight excluding hydrogens is 415 g/mol. The minimum Gasteiger partial charge on any atom is -0.332 e. The Balaban J connectivity index is 2.12. The highest BCUT2D eigenvalue weighted by Crippen LogP contribution is 2.23. The van der Waals surface area contributed by atoms with Crippen molar-refractivity contribution in [2.24, 2.45) is 0 Å². The predicted octanol–water partition coefficient (Wildman–Crippen LogP) is 3.94. The molecule has 0 unspecified atom stereocenters. The van der Waals surface area contributed by atoms with E-state index in [9.17, 15) is 13.2 Å². The van der Waals surface area contributed by atoms with Gasteiger partial charge in [-0.2, -0.15) is 4.72 Å². The van der Waals surface area contributed by atoms with E-state index in [2.05, 4.69) is 11.3 Å². The first-order chi connectivity index (χ1) is 12.2. The van der Waals surface area contributed by atoms with Crippen molar-refractivity contribution < 1.29 is 13.2 Å². The standard InChI is InChI=1S/C17H18Cl2N2O3S2/c1-3-10-21(11-14-6-9-16(19)25-14)17(22)12(2)20-26(23,24)15-7-4-13(18)5-8-15/h3-9,12,20H,1,10-11H2,2H3/t12-/m0/s1. The molecule has 0 fully saturated rings. The molecule has 5 nitrogen and oxygen atoms in total. The lowest BCUT2D eigenvalue weighted by Gasteiger charge is -2.24. The van der Waals surface area contributed by atoms with Crippen LogP contribution in [0.4, 0.5) is 0 Å². The Kier molecular flexibility index (Phi) is 7.25. The molecule has 26 heavy (non-hydrogen) atoms. The molecular formula is C17H18Cl2N2O3S2. The quantitative estimate of drug-likeness (QED) is 0.642. The molecule has 0 radical (unpaired) electrons. The van der Waals surface area contributed by atoms with Gasteiger partial charge in [0.1, 0.15) is 0 Å². The lowest BCUT2D eigenvalue weighted by Crippen LogP contribution is -2.46. The van der Waals surface area contributed by atoms with E-state index in [0.717, 1.165) is 4.88 Å². The highest BCUT2D eigenvalue weighted by atomic mass is 35.5. The second kappa shape index (κ2) is 9.01. The fourth-order valence-electron chi connectivity index (χ4n) is 2.25. The summed E-state index contributed by atoms with van der Waals surface area (Å²) < 4.78 is 27.9. The number of hydrogen-bond acceptors (Lipinski definition) is 4. The first-order valence-corrected chi connectivity index (χ1v) is 10.7. The Morgan fingerprint density at radius 1 is 1.27 bits per heavy atom. The molecule has 1 aromatic carbocycles. The van der Waals surface area contributed by atoms with Gasteiger partial charge in [-0.3, -0.25) is 4.79 Å². The Labute approximate surface area is 167 Å². The van der Waals surface area contributed by atoms with Crippen LogP contribution in [0.15, 0.2) is 53.9 Å². The van der Waals surface area contributed by atoms with E-state index in [1.165, 1.54) is 47.4 Å². The first-order valence-electron chi connectivity index (χ1n) is 7.64. The molecule has 0 bridgehead atoms. The van der Waals surface area contributed by atoms with Crippen molar-refractivity contribution in [2.75, 3.05) is 6.54 Å². The van der Waals surface area contributed by atoms with Gasteiger partial charge in [-0.25, -0.2) is 8.42 Å². The lowest BCUT2D eigenvalue weighted by molar-refractivity contribution is -0.132. The normalized spacial score (nSPS) is 12.6. The molecule has 2 rings (SSSR count). The van der Waals surface area contributed by atoms with Crippen LogP contribution in [0.1, 0.15) is 11.8 Å². The Morgan fingerprint density at radius 3 is 2.46 bits per heavy atom. The van der Waals surface area contributed by atoms with Gasteiger partial charge in [0, 0.05) is 16.4 Å². The number of carbonyl (C=O) groups is 1. The summed E-state index contributed by atoms with van der Waals surface area (Å²) in [6.07, 6.45) is 1.59. The maximum Gasteiger partial charge on any atom is 0.241 e. The van der Waals surface area contributed by atoms with E-state index in [4.69, 9.17) is 23.2 Å². The lowest BCUT2D eigenvalue weighted by atomic mass is 10.3. The molecule has 140 valence electrons. The van der Waals surface area contributed by atoms with Crippen LogP contribution < -0.4 is 4.72 Å². The Bertz CT molecular complexity index is 880. The van der Waals surface area contributed by atoms with Gasteiger partial charge in [0.05, 0.1) is 21.8 Å². The Morgan fingerprint density at radius 2 is 1.92 bits per heavy atom. The molecule has 1 aromatic heterocycles. The molecule has 0 aliphatic heterocycles. The van der Waals surface area contributed by atoms with Crippen LogP contribution in [0.5, 0.6) is 0 Å². The summed E-state index contributed by atoms with van der Waals surface area (Å²) in [6, 6.07) is 8.38. The van der Waals surface area contributed by atoms with Crippen LogP contribution in [0.3, 0.4) is 0 Å². The van der Waals surface area contributed by atoms with Crippen LogP contribution in [0.2, 0.25) is 9.36 Å². The molecule has 1 N–H and O–H groups in total. The van der Waals surface area contributed by atoms with Crippen molar-refractivity contribution in [2.45, 2.75) is 24.4 Å². The summed E-state index contributed by atoms with van der Waals surface area (Å²) in [7, 11) is -3.84. The third-order valence-electron chi connectivity index (χ3n) is 3.46. The van der Waals surface area contributed by atoms with E-state index in [-0.39, 0.29) is 10.8 Å². The van der Waals surface area contributed by atoms with Crippen LogP contribution in [-0.2, 0) is 21.4 Å². The fourth-order valence-corrected chi connectivity index (χ4v) is 4.68. The van der Waals surface area contributed by atoms with Crippen molar-refractivity contribution >= 4 is 50.5 Å². The molecule has 1 atom stereocenters. The number of amides is 1. The smallest absolute Gasteiger partial charge is 0.241 e. The number of rotatable bonds is 8. The van der Waals surface area contributed by atoms with Gasteiger partial charge < -0.3 is 4.90 Å². The number of thiophene rings is 1. The zero-order valence-electron chi connectivity index (χ0n) is 14.0. The Hall–Kier alpha value is -1.38. The van der Waals surface area contributed by atoms with E-state index in [1.54, 1.807) is 12.1 Å². The number of halogens is 2. The van der Waals surface area contributed by atoms with E-state index in [0.29, 0.717) is 22.4 Å². The van der Waals surface area contributed by atoms with Crippen molar-refractivity contribution in [1.82, 2.24) is 9.62 Å². The maximum absolute atomic E-state index is 12.7. The fraction of sp³-hybridized carbons (Fsp3) is 0.235. The molecule has 1 heterocycles. The number of hydrogen-bond donors (Lipinski definition) is 1. The highest BCUT2D eigenvalue weighted by Gasteiger charge is 2.25. The topological polar surface area (TPSA) is 66.5 Å². The third-order valence-corrected chi connectivity index (χ3v) is 6.49. The minimum absolute atomic E-state index is 0.0434. The molecule has 0 spiro atoms. The van der Waals surface area contributed by atoms with Crippen LogP contribution in [0, 0.1) is 0 Å². The van der Waals surface area contributed by atoms with E-state index in [1.807, 2.05) is 6.07 Å². The van der Waals surface area contributed by atoms with Gasteiger partial charge >= 0.3 is 0 Å². The summed E-state index contributed by atoms with van der Waals surface area (Å²) in [5, 5.41) is 0.430. The second-order valence-electron chi connectivity index (χ2n) is 5.51. The summed E-state index contributed by atoms with van der Waals surface area (Å²) >= 11 is 13.1. The summed E-state index contributed by atoms with van der Waals surface area (Å²) in [4.78, 5) is 15.2. The molecule has 0 saturated carbocycles. The third kappa shape index (κ3) is 5.56. The number of nitrogens with zero attached hydrogens (tertiary/aromatic N) is 1. The van der Waals surface area contributed by atoms with Crippen molar-refractivity contribution in [1.29, 1.82) is 0 Å². The van der Waals surface area contributed by atoms with E-state index < -0.39 is 16.1 Å². The van der Waals surface area contributed by atoms with Crippen molar-refractivity contribution in [3.8, 4) is 0 Å². The van der Waals surface area contributed by atoms with E-state index >= 15 is 0 Å². The number of benzene rings is 1. The second-order valence-corrected chi connectivity index (χ2v) is 9.46. The zero-order chi connectivity index (χ0) is 19.3. The van der Waals surface area contributed by atoms with Crippen LogP contribution in [0.25, 0.3) is 0 Å². The number of sulfonamides is 1. The van der Waals surface area contributed by atoms with Gasteiger partial charge in [-0.05, 0) is 43.3 Å². The number of carbonyl (C=O) groups excluding carboxylic acids is 1. The van der Waals surface area contributed by atoms with Crippen LogP contribution >= 0.6 is 34.5 Å². The van der Waals surface area contributed by atoms with Gasteiger partial charge in [0.15, 0.2) is 0 Å². The van der Waals surface area contributed by atoms with Crippen LogP contribution in [-0.4, -0.2) is 31.8 Å². The van der Waals surface area contributed by atoms with Gasteiger partial charge in [-0.15, -0.1) is 17.9 Å². The summed E-state index contributed by atoms with van der Waals surface area (Å²) in [6.45, 7) is 5.78. The molecule has 1 amide bonds. The monoisotopic (exact) mass is 432 g/mol. The average Bonchev–Trinajstić information content (AvgIpc) is 2.98. The largest absolute Gasteiger partial charge is 0.332 e. The molecule has 2 aromatic rings. The predicted molar refractivity (Wildman–Crippen MR) is 106 cm³/mol. The SMILES string of the molecule is C=CCN(Cc1ccc(Cl)s1)C(=O)[C@H](C)NS(=O)(=O)c1ccc(Cl)cc1. The van der Waals surface area contributed by atoms with Gasteiger partial charge in [0.2, 0.25) is 15.9 Å². The maximum atomic E-state index is 12.7. The van der Waals surface area contributed by atoms with Crippen molar-refractivity contribution in [3.05, 3.63) is 63.3 Å². The average molecular weight is 433 g/mol. The first kappa shape index (κ1) is 20.9. The van der Waals surface area contributed by atoms with Gasteiger partial charge in [-0.1, -0.05) is 29.3 Å². The highest BCUT2D eigenvalue weighted by molar-refractivity contribution is 7.89. The summed E-state index contributed by atoms with van der Waals surface area (Å²) in [5.41, 5.74) is 0. The number of nitrogens with one attached hydrogen (secondary N) is 1. The molecule has 0 saturated heterocycles. The van der Waals surface area contributed by atoms with Crippen molar-refractivity contribution in [3.63, 3.8) is 0 Å². The zero-order valence-corrected chi connectivity index (χ0v) is 17.1. The molecule has 9 heteroatoms. The van der Waals surface area contributed by atoms with Gasteiger partial charge in [0.25, 0.3) is 0 Å². The molecule has 0 aliphatic rings. The summed E-state index contributed by atoms with van der Waals surface area (Å²) in [5.74, 6) is -0.355. The minimum atomic E-state index is -3.84. The molecule has 0 aliphatic carbocycles.